The third-order valence-electron chi connectivity index (χ3n) is 2.78. The fraction of sp³-hybridized carbons (Fsp3) is 1.00. The second-order valence-electron chi connectivity index (χ2n) is 4.65. The SMILES string of the molecule is CCCNC(C)CCCCN(C)CCC. The third kappa shape index (κ3) is 10.2. The van der Waals surface area contributed by atoms with Crippen LogP contribution in [0.5, 0.6) is 0 Å². The first-order valence-corrected chi connectivity index (χ1v) is 6.62. The maximum Gasteiger partial charge on any atom is 0.00387 e. The van der Waals surface area contributed by atoms with E-state index in [-0.39, 0.29) is 0 Å². The molecule has 0 spiro atoms. The molecule has 0 saturated heterocycles. The molecule has 0 saturated carbocycles. The lowest BCUT2D eigenvalue weighted by Crippen LogP contribution is -2.27. The highest BCUT2D eigenvalue weighted by atomic mass is 15.1. The first-order valence-electron chi connectivity index (χ1n) is 6.62. The van der Waals surface area contributed by atoms with Crippen molar-refractivity contribution in [3.8, 4) is 0 Å². The van der Waals surface area contributed by atoms with Crippen LogP contribution in [0.1, 0.15) is 52.9 Å². The van der Waals surface area contributed by atoms with Crippen LogP contribution in [0.2, 0.25) is 0 Å². The monoisotopic (exact) mass is 214 g/mol. The Morgan fingerprint density at radius 2 is 1.80 bits per heavy atom. The summed E-state index contributed by atoms with van der Waals surface area (Å²) < 4.78 is 0. The Morgan fingerprint density at radius 3 is 2.40 bits per heavy atom. The van der Waals surface area contributed by atoms with Crippen molar-refractivity contribution < 1.29 is 0 Å². The third-order valence-corrected chi connectivity index (χ3v) is 2.78. The normalized spacial score (nSPS) is 13.4. The van der Waals surface area contributed by atoms with Gasteiger partial charge in [-0.2, -0.15) is 0 Å². The molecular formula is C13H30N2. The standard InChI is InChI=1S/C13H30N2/c1-5-10-14-13(3)9-7-8-12-15(4)11-6-2/h13-14H,5-12H2,1-4H3. The second kappa shape index (κ2) is 10.4. The smallest absolute Gasteiger partial charge is 0.00387 e. The second-order valence-corrected chi connectivity index (χ2v) is 4.65. The van der Waals surface area contributed by atoms with E-state index in [9.17, 15) is 0 Å². The van der Waals surface area contributed by atoms with Crippen LogP contribution in [0.25, 0.3) is 0 Å². The molecule has 0 aliphatic heterocycles. The molecule has 0 aromatic heterocycles. The van der Waals surface area contributed by atoms with Gasteiger partial charge in [-0.25, -0.2) is 0 Å². The van der Waals surface area contributed by atoms with Gasteiger partial charge in [-0.15, -0.1) is 0 Å². The molecule has 0 aliphatic rings. The van der Waals surface area contributed by atoms with Crippen LogP contribution in [-0.4, -0.2) is 37.6 Å². The van der Waals surface area contributed by atoms with Gasteiger partial charge in [-0.1, -0.05) is 20.3 Å². The molecule has 0 fully saturated rings. The highest BCUT2D eigenvalue weighted by molar-refractivity contribution is 4.61. The largest absolute Gasteiger partial charge is 0.314 e. The summed E-state index contributed by atoms with van der Waals surface area (Å²) in [5.41, 5.74) is 0. The summed E-state index contributed by atoms with van der Waals surface area (Å²) in [7, 11) is 2.22. The lowest BCUT2D eigenvalue weighted by atomic mass is 10.1. The van der Waals surface area contributed by atoms with E-state index in [0.717, 1.165) is 6.54 Å². The van der Waals surface area contributed by atoms with Crippen molar-refractivity contribution in [3.63, 3.8) is 0 Å². The molecule has 1 atom stereocenters. The predicted octanol–water partition coefficient (Wildman–Crippen LogP) is 2.89. The minimum atomic E-state index is 0.696. The molecule has 0 aromatic carbocycles. The van der Waals surface area contributed by atoms with Crippen molar-refractivity contribution in [1.29, 1.82) is 0 Å². The van der Waals surface area contributed by atoms with Gasteiger partial charge in [0.15, 0.2) is 0 Å². The summed E-state index contributed by atoms with van der Waals surface area (Å²) in [5, 5.41) is 3.53. The quantitative estimate of drug-likeness (QED) is 0.563. The molecule has 0 aliphatic carbocycles. The van der Waals surface area contributed by atoms with Crippen LogP contribution in [0.15, 0.2) is 0 Å². The number of nitrogens with one attached hydrogen (secondary N) is 1. The highest BCUT2D eigenvalue weighted by Crippen LogP contribution is 2.02. The van der Waals surface area contributed by atoms with E-state index < -0.39 is 0 Å². The van der Waals surface area contributed by atoms with E-state index in [1.807, 2.05) is 0 Å². The van der Waals surface area contributed by atoms with Crippen LogP contribution in [0, 0.1) is 0 Å². The van der Waals surface area contributed by atoms with Gasteiger partial charge in [0, 0.05) is 6.04 Å². The van der Waals surface area contributed by atoms with Crippen LogP contribution in [-0.2, 0) is 0 Å². The maximum atomic E-state index is 3.53. The van der Waals surface area contributed by atoms with Crippen molar-refractivity contribution in [2.24, 2.45) is 0 Å². The fourth-order valence-corrected chi connectivity index (χ4v) is 1.82. The Bertz CT molecular complexity index is 126. The number of hydrogen-bond acceptors (Lipinski definition) is 2. The first-order chi connectivity index (χ1) is 7.20. The maximum absolute atomic E-state index is 3.53. The van der Waals surface area contributed by atoms with E-state index in [2.05, 4.69) is 38.0 Å². The van der Waals surface area contributed by atoms with Crippen LogP contribution in [0.4, 0.5) is 0 Å². The van der Waals surface area contributed by atoms with Gasteiger partial charge in [0.2, 0.25) is 0 Å². The number of nitrogens with zero attached hydrogens (tertiary/aromatic N) is 1. The van der Waals surface area contributed by atoms with E-state index >= 15 is 0 Å². The highest BCUT2D eigenvalue weighted by Gasteiger charge is 2.01. The lowest BCUT2D eigenvalue weighted by molar-refractivity contribution is 0.321. The van der Waals surface area contributed by atoms with Gasteiger partial charge in [-0.05, 0) is 59.3 Å². The zero-order chi connectivity index (χ0) is 11.5. The number of hydrogen-bond donors (Lipinski definition) is 1. The van der Waals surface area contributed by atoms with Gasteiger partial charge >= 0.3 is 0 Å². The molecule has 92 valence electrons. The van der Waals surface area contributed by atoms with Gasteiger partial charge in [0.1, 0.15) is 0 Å². The minimum Gasteiger partial charge on any atom is -0.314 e. The summed E-state index contributed by atoms with van der Waals surface area (Å²) in [5.74, 6) is 0. The summed E-state index contributed by atoms with van der Waals surface area (Å²) in [4.78, 5) is 2.43. The number of unbranched alkanes of at least 4 members (excludes halogenated alkanes) is 1. The van der Waals surface area contributed by atoms with Crippen molar-refractivity contribution >= 4 is 0 Å². The minimum absolute atomic E-state index is 0.696. The van der Waals surface area contributed by atoms with Crippen LogP contribution < -0.4 is 5.32 Å². The Balaban J connectivity index is 3.22. The molecule has 0 heterocycles. The van der Waals surface area contributed by atoms with Gasteiger partial charge in [0.05, 0.1) is 0 Å². The molecular weight excluding hydrogens is 184 g/mol. The average molecular weight is 214 g/mol. The zero-order valence-corrected chi connectivity index (χ0v) is 11.2. The molecule has 0 bridgehead atoms. The summed E-state index contributed by atoms with van der Waals surface area (Å²) in [6.45, 7) is 10.4. The van der Waals surface area contributed by atoms with E-state index in [1.165, 1.54) is 45.2 Å². The molecule has 2 heteroatoms. The van der Waals surface area contributed by atoms with E-state index in [4.69, 9.17) is 0 Å². The molecule has 15 heavy (non-hydrogen) atoms. The lowest BCUT2D eigenvalue weighted by Gasteiger charge is -2.16. The molecule has 1 N–H and O–H groups in total. The van der Waals surface area contributed by atoms with Crippen molar-refractivity contribution in [2.75, 3.05) is 26.7 Å². The van der Waals surface area contributed by atoms with Gasteiger partial charge < -0.3 is 10.2 Å². The van der Waals surface area contributed by atoms with E-state index in [0.29, 0.717) is 6.04 Å². The molecule has 1 unspecified atom stereocenters. The van der Waals surface area contributed by atoms with E-state index in [1.54, 1.807) is 0 Å². The molecule has 0 rings (SSSR count). The van der Waals surface area contributed by atoms with Crippen LogP contribution in [0.3, 0.4) is 0 Å². The molecule has 0 aromatic rings. The Labute approximate surface area is 96.4 Å². The Hall–Kier alpha value is -0.0800. The molecule has 0 radical (unpaired) electrons. The van der Waals surface area contributed by atoms with Crippen molar-refractivity contribution in [1.82, 2.24) is 10.2 Å². The van der Waals surface area contributed by atoms with Gasteiger partial charge in [-0.3, -0.25) is 0 Å². The number of rotatable bonds is 10. The summed E-state index contributed by atoms with van der Waals surface area (Å²) >= 11 is 0. The van der Waals surface area contributed by atoms with Crippen molar-refractivity contribution in [3.05, 3.63) is 0 Å². The summed E-state index contributed by atoms with van der Waals surface area (Å²) in [6.07, 6.45) is 6.52. The Morgan fingerprint density at radius 1 is 1.07 bits per heavy atom. The fourth-order valence-electron chi connectivity index (χ4n) is 1.82. The van der Waals surface area contributed by atoms with Crippen LogP contribution >= 0.6 is 0 Å². The first kappa shape index (κ1) is 14.9. The average Bonchev–Trinajstić information content (AvgIpc) is 2.22. The molecule has 0 amide bonds. The predicted molar refractivity (Wildman–Crippen MR) is 69.4 cm³/mol. The Kier molecular flexibility index (Phi) is 10.4. The zero-order valence-electron chi connectivity index (χ0n) is 11.2. The van der Waals surface area contributed by atoms with Gasteiger partial charge in [0.25, 0.3) is 0 Å². The van der Waals surface area contributed by atoms with Crippen molar-refractivity contribution in [2.45, 2.75) is 58.9 Å². The summed E-state index contributed by atoms with van der Waals surface area (Å²) in [6, 6.07) is 0.696. The molecule has 2 nitrogen and oxygen atoms in total. The topological polar surface area (TPSA) is 15.3 Å².